The van der Waals surface area contributed by atoms with Gasteiger partial charge in [-0.2, -0.15) is 0 Å². The maximum atomic E-state index is 12.1. The fraction of sp³-hybridized carbons (Fsp3) is 0.316. The largest absolute Gasteiger partial charge is 0.497 e. The van der Waals surface area contributed by atoms with Gasteiger partial charge in [0.2, 0.25) is 0 Å². The van der Waals surface area contributed by atoms with E-state index in [-0.39, 0.29) is 18.6 Å². The second-order valence-electron chi connectivity index (χ2n) is 5.62. The molecule has 2 aromatic rings. The van der Waals surface area contributed by atoms with Crippen molar-refractivity contribution >= 4 is 5.91 Å². The Bertz CT molecular complexity index is 682. The number of carbonyl (C=O) groups is 1. The molecule has 2 aromatic carbocycles. The monoisotopic (exact) mass is 313 g/mol. The van der Waals surface area contributed by atoms with E-state index < -0.39 is 0 Å². The first-order valence-corrected chi connectivity index (χ1v) is 7.63. The van der Waals surface area contributed by atoms with E-state index in [0.717, 1.165) is 11.1 Å². The van der Waals surface area contributed by atoms with E-state index >= 15 is 0 Å². The molecule has 1 atom stereocenters. The van der Waals surface area contributed by atoms with E-state index in [9.17, 15) is 4.79 Å². The zero-order valence-corrected chi connectivity index (χ0v) is 14.1. The van der Waals surface area contributed by atoms with Gasteiger partial charge in [0, 0.05) is 6.07 Å². The number of ether oxygens (including phenoxy) is 2. The van der Waals surface area contributed by atoms with E-state index in [1.807, 2.05) is 32.9 Å². The molecule has 0 heterocycles. The molecule has 0 fully saturated rings. The first-order chi connectivity index (χ1) is 11.0. The van der Waals surface area contributed by atoms with Crippen LogP contribution in [0.4, 0.5) is 0 Å². The Morgan fingerprint density at radius 3 is 2.61 bits per heavy atom. The zero-order valence-electron chi connectivity index (χ0n) is 14.1. The van der Waals surface area contributed by atoms with Gasteiger partial charge < -0.3 is 14.8 Å². The van der Waals surface area contributed by atoms with Crippen LogP contribution in [0.1, 0.15) is 29.7 Å². The van der Waals surface area contributed by atoms with Gasteiger partial charge in [-0.25, -0.2) is 0 Å². The predicted molar refractivity (Wildman–Crippen MR) is 91.0 cm³/mol. The van der Waals surface area contributed by atoms with E-state index in [1.54, 1.807) is 19.2 Å². The molecule has 4 heteroatoms. The Morgan fingerprint density at radius 1 is 1.13 bits per heavy atom. The molecule has 122 valence electrons. The van der Waals surface area contributed by atoms with Crippen LogP contribution in [-0.2, 0) is 4.79 Å². The Hall–Kier alpha value is -2.49. The molecule has 0 saturated carbocycles. The number of carbonyl (C=O) groups excluding carboxylic acids is 1. The molecular weight excluding hydrogens is 290 g/mol. The second kappa shape index (κ2) is 7.68. The molecule has 4 nitrogen and oxygen atoms in total. The lowest BCUT2D eigenvalue weighted by Gasteiger charge is -2.17. The molecule has 0 radical (unpaired) electrons. The molecule has 0 aromatic heterocycles. The predicted octanol–water partition coefficient (Wildman–Crippen LogP) is 3.57. The van der Waals surface area contributed by atoms with Gasteiger partial charge in [0.15, 0.2) is 6.61 Å². The summed E-state index contributed by atoms with van der Waals surface area (Å²) in [5.74, 6) is 1.16. The highest BCUT2D eigenvalue weighted by Crippen LogP contribution is 2.20. The fourth-order valence-electron chi connectivity index (χ4n) is 2.43. The zero-order chi connectivity index (χ0) is 16.8. The van der Waals surface area contributed by atoms with Crippen LogP contribution in [0.15, 0.2) is 42.5 Å². The fourth-order valence-corrected chi connectivity index (χ4v) is 2.43. The van der Waals surface area contributed by atoms with E-state index in [0.29, 0.717) is 11.5 Å². The minimum atomic E-state index is -0.152. The van der Waals surface area contributed by atoms with Gasteiger partial charge in [0.1, 0.15) is 11.5 Å². The number of nitrogens with one attached hydrogen (secondary N) is 1. The van der Waals surface area contributed by atoms with Crippen LogP contribution in [0.3, 0.4) is 0 Å². The molecule has 0 aliphatic heterocycles. The van der Waals surface area contributed by atoms with Crippen molar-refractivity contribution in [2.75, 3.05) is 13.7 Å². The maximum Gasteiger partial charge on any atom is 0.258 e. The number of amides is 1. The summed E-state index contributed by atoms with van der Waals surface area (Å²) in [5, 5.41) is 2.97. The summed E-state index contributed by atoms with van der Waals surface area (Å²) in [6.07, 6.45) is 0. The molecule has 0 aliphatic carbocycles. The third kappa shape index (κ3) is 4.74. The van der Waals surface area contributed by atoms with Crippen LogP contribution in [-0.4, -0.2) is 19.6 Å². The number of aryl methyl sites for hydroxylation is 2. The smallest absolute Gasteiger partial charge is 0.258 e. The molecule has 1 N–H and O–H groups in total. The summed E-state index contributed by atoms with van der Waals surface area (Å²) in [7, 11) is 1.59. The molecule has 1 amide bonds. The van der Waals surface area contributed by atoms with Crippen LogP contribution in [0.2, 0.25) is 0 Å². The minimum absolute atomic E-state index is 0.0254. The van der Waals surface area contributed by atoms with E-state index in [2.05, 4.69) is 23.5 Å². The Kier molecular flexibility index (Phi) is 5.63. The highest BCUT2D eigenvalue weighted by atomic mass is 16.5. The number of benzene rings is 2. The van der Waals surface area contributed by atoms with Crippen LogP contribution in [0.25, 0.3) is 0 Å². The third-order valence-electron chi connectivity index (χ3n) is 3.69. The van der Waals surface area contributed by atoms with Crippen molar-refractivity contribution < 1.29 is 14.3 Å². The lowest BCUT2D eigenvalue weighted by Crippen LogP contribution is -2.31. The summed E-state index contributed by atoms with van der Waals surface area (Å²) in [6.45, 7) is 6.04. The van der Waals surface area contributed by atoms with Crippen molar-refractivity contribution in [1.82, 2.24) is 5.32 Å². The summed E-state index contributed by atoms with van der Waals surface area (Å²) < 4.78 is 10.6. The van der Waals surface area contributed by atoms with E-state index in [4.69, 9.17) is 9.47 Å². The average Bonchev–Trinajstić information content (AvgIpc) is 2.55. The summed E-state index contributed by atoms with van der Waals surface area (Å²) >= 11 is 0. The van der Waals surface area contributed by atoms with Crippen LogP contribution < -0.4 is 14.8 Å². The first-order valence-electron chi connectivity index (χ1n) is 7.63. The van der Waals surface area contributed by atoms with Gasteiger partial charge in [-0.15, -0.1) is 0 Å². The standard InChI is InChI=1S/C19H23NO3/c1-13-8-9-14(2)18(10-13)15(3)20-19(21)12-23-17-7-5-6-16(11-17)22-4/h5-11,15H,12H2,1-4H3,(H,20,21)/t15-/m0/s1. The lowest BCUT2D eigenvalue weighted by molar-refractivity contribution is -0.123. The quantitative estimate of drug-likeness (QED) is 0.887. The summed E-state index contributed by atoms with van der Waals surface area (Å²) in [5.41, 5.74) is 3.47. The van der Waals surface area contributed by atoms with Crippen molar-refractivity contribution in [3.05, 3.63) is 59.2 Å². The molecule has 0 spiro atoms. The Morgan fingerprint density at radius 2 is 1.87 bits per heavy atom. The van der Waals surface area contributed by atoms with Gasteiger partial charge in [-0.1, -0.05) is 29.8 Å². The normalized spacial score (nSPS) is 11.7. The number of hydrogen-bond donors (Lipinski definition) is 1. The molecular formula is C19H23NO3. The summed E-state index contributed by atoms with van der Waals surface area (Å²) in [4.78, 5) is 12.1. The number of methoxy groups -OCH3 is 1. The highest BCUT2D eigenvalue weighted by molar-refractivity contribution is 5.78. The highest BCUT2D eigenvalue weighted by Gasteiger charge is 2.12. The molecule has 23 heavy (non-hydrogen) atoms. The Balaban J connectivity index is 1.92. The van der Waals surface area contributed by atoms with Crippen LogP contribution in [0.5, 0.6) is 11.5 Å². The third-order valence-corrected chi connectivity index (χ3v) is 3.69. The number of rotatable bonds is 6. The van der Waals surface area contributed by atoms with Gasteiger partial charge in [-0.05, 0) is 44.0 Å². The van der Waals surface area contributed by atoms with Crippen LogP contribution in [0, 0.1) is 13.8 Å². The topological polar surface area (TPSA) is 47.6 Å². The average molecular weight is 313 g/mol. The van der Waals surface area contributed by atoms with Crippen LogP contribution >= 0.6 is 0 Å². The van der Waals surface area contributed by atoms with Crippen molar-refractivity contribution in [2.24, 2.45) is 0 Å². The van der Waals surface area contributed by atoms with Crippen molar-refractivity contribution in [3.8, 4) is 11.5 Å². The molecule has 0 unspecified atom stereocenters. The van der Waals surface area contributed by atoms with Gasteiger partial charge in [0.05, 0.1) is 13.2 Å². The molecule has 0 saturated heterocycles. The molecule has 0 aliphatic rings. The second-order valence-corrected chi connectivity index (χ2v) is 5.62. The lowest BCUT2D eigenvalue weighted by atomic mass is 10.00. The number of hydrogen-bond acceptors (Lipinski definition) is 3. The van der Waals surface area contributed by atoms with Crippen molar-refractivity contribution in [1.29, 1.82) is 0 Å². The Labute approximate surface area is 137 Å². The SMILES string of the molecule is COc1cccc(OCC(=O)N[C@@H](C)c2cc(C)ccc2C)c1. The van der Waals surface area contributed by atoms with Crippen molar-refractivity contribution in [2.45, 2.75) is 26.8 Å². The van der Waals surface area contributed by atoms with Gasteiger partial charge >= 0.3 is 0 Å². The maximum absolute atomic E-state index is 12.1. The minimum Gasteiger partial charge on any atom is -0.497 e. The molecule has 2 rings (SSSR count). The van der Waals surface area contributed by atoms with Crippen molar-refractivity contribution in [3.63, 3.8) is 0 Å². The van der Waals surface area contributed by atoms with Gasteiger partial charge in [0.25, 0.3) is 5.91 Å². The van der Waals surface area contributed by atoms with E-state index in [1.165, 1.54) is 5.56 Å². The van der Waals surface area contributed by atoms with Gasteiger partial charge in [-0.3, -0.25) is 4.79 Å². The molecule has 0 bridgehead atoms. The summed E-state index contributed by atoms with van der Waals surface area (Å²) in [6, 6.07) is 13.4. The first kappa shape index (κ1) is 16.9.